The summed E-state index contributed by atoms with van der Waals surface area (Å²) in [4.78, 5) is 8.67. The summed E-state index contributed by atoms with van der Waals surface area (Å²) in [6.07, 6.45) is -3.35. The van der Waals surface area contributed by atoms with E-state index in [4.69, 9.17) is 0 Å². The van der Waals surface area contributed by atoms with Crippen molar-refractivity contribution in [1.29, 1.82) is 0 Å². The number of benzene rings is 2. The Labute approximate surface area is 168 Å². The molecular formula is C21H24F3N3S. The zero-order valence-corrected chi connectivity index (χ0v) is 16.7. The number of nitrogens with zero attached hydrogens (tertiary/aromatic N) is 3. The van der Waals surface area contributed by atoms with Crippen molar-refractivity contribution in [3.05, 3.63) is 48.0 Å². The number of anilines is 2. The lowest BCUT2D eigenvalue weighted by Gasteiger charge is -2.35. The summed E-state index contributed by atoms with van der Waals surface area (Å²) in [5, 5.41) is 0. The monoisotopic (exact) mass is 407 g/mol. The van der Waals surface area contributed by atoms with Crippen LogP contribution >= 0.6 is 11.8 Å². The van der Waals surface area contributed by atoms with Crippen molar-refractivity contribution in [3.63, 3.8) is 0 Å². The molecule has 2 heterocycles. The van der Waals surface area contributed by atoms with Gasteiger partial charge in [-0.1, -0.05) is 23.9 Å². The molecule has 7 heteroatoms. The smallest absolute Gasteiger partial charge is 0.340 e. The van der Waals surface area contributed by atoms with Crippen LogP contribution in [0.25, 0.3) is 0 Å². The van der Waals surface area contributed by atoms with E-state index in [0.717, 1.165) is 62.0 Å². The molecule has 2 aliphatic heterocycles. The Morgan fingerprint density at radius 2 is 1.61 bits per heavy atom. The summed E-state index contributed by atoms with van der Waals surface area (Å²) >= 11 is 1.42. The highest BCUT2D eigenvalue weighted by Crippen LogP contribution is 2.49. The zero-order valence-electron chi connectivity index (χ0n) is 15.9. The average Bonchev–Trinajstić information content (AvgIpc) is 2.67. The molecule has 0 aliphatic carbocycles. The molecule has 0 N–H and O–H groups in total. The molecule has 3 nitrogen and oxygen atoms in total. The molecule has 0 spiro atoms. The summed E-state index contributed by atoms with van der Waals surface area (Å²) in [5.74, 6) is 0. The van der Waals surface area contributed by atoms with Gasteiger partial charge in [-0.3, -0.25) is 0 Å². The number of para-hydroxylation sites is 1. The predicted octanol–water partition coefficient (Wildman–Crippen LogP) is 4.95. The molecule has 1 fully saturated rings. The molecular weight excluding hydrogens is 383 g/mol. The van der Waals surface area contributed by atoms with Gasteiger partial charge >= 0.3 is 6.18 Å². The van der Waals surface area contributed by atoms with Crippen LogP contribution in [-0.2, 0) is 6.18 Å². The fourth-order valence-corrected chi connectivity index (χ4v) is 4.91. The molecule has 0 atom stereocenters. The summed E-state index contributed by atoms with van der Waals surface area (Å²) in [6, 6.07) is 12.1. The van der Waals surface area contributed by atoms with Crippen LogP contribution in [0, 0.1) is 0 Å². The zero-order chi connectivity index (χ0) is 19.7. The number of hydrogen-bond acceptors (Lipinski definition) is 4. The van der Waals surface area contributed by atoms with E-state index in [1.807, 2.05) is 18.2 Å². The maximum absolute atomic E-state index is 13.2. The van der Waals surface area contributed by atoms with E-state index in [2.05, 4.69) is 27.8 Å². The van der Waals surface area contributed by atoms with Crippen molar-refractivity contribution >= 4 is 23.1 Å². The molecule has 0 unspecified atom stereocenters. The number of hydrogen-bond donors (Lipinski definition) is 0. The first-order chi connectivity index (χ1) is 13.4. The van der Waals surface area contributed by atoms with Gasteiger partial charge in [0.2, 0.25) is 0 Å². The number of halogens is 3. The molecule has 1 saturated heterocycles. The van der Waals surface area contributed by atoms with Gasteiger partial charge in [0.25, 0.3) is 0 Å². The Kier molecular flexibility index (Phi) is 5.58. The molecule has 0 radical (unpaired) electrons. The second-order valence-electron chi connectivity index (χ2n) is 7.40. The maximum Gasteiger partial charge on any atom is 0.416 e. The van der Waals surface area contributed by atoms with E-state index in [1.54, 1.807) is 6.07 Å². The van der Waals surface area contributed by atoms with Gasteiger partial charge in [0.15, 0.2) is 0 Å². The van der Waals surface area contributed by atoms with Gasteiger partial charge in [-0.05, 0) is 50.3 Å². The highest BCUT2D eigenvalue weighted by Gasteiger charge is 2.33. The summed E-state index contributed by atoms with van der Waals surface area (Å²) in [7, 11) is 2.14. The summed E-state index contributed by atoms with van der Waals surface area (Å²) < 4.78 is 39.5. The lowest BCUT2D eigenvalue weighted by Crippen LogP contribution is -2.45. The Bertz CT molecular complexity index is 832. The number of rotatable bonds is 4. The quantitative estimate of drug-likeness (QED) is 0.709. The van der Waals surface area contributed by atoms with Crippen molar-refractivity contribution in [2.45, 2.75) is 22.4 Å². The minimum atomic E-state index is -4.32. The van der Waals surface area contributed by atoms with E-state index in [9.17, 15) is 13.2 Å². The van der Waals surface area contributed by atoms with Gasteiger partial charge in [0.05, 0.1) is 16.9 Å². The Morgan fingerprint density at radius 1 is 0.893 bits per heavy atom. The van der Waals surface area contributed by atoms with Crippen LogP contribution in [0.5, 0.6) is 0 Å². The Balaban J connectivity index is 1.53. The van der Waals surface area contributed by atoms with Crippen LogP contribution < -0.4 is 4.90 Å². The van der Waals surface area contributed by atoms with Crippen LogP contribution in [0.3, 0.4) is 0 Å². The third kappa shape index (κ3) is 4.16. The van der Waals surface area contributed by atoms with Gasteiger partial charge in [-0.2, -0.15) is 13.2 Å². The van der Waals surface area contributed by atoms with Crippen LogP contribution in [0.4, 0.5) is 24.5 Å². The molecule has 28 heavy (non-hydrogen) atoms. The van der Waals surface area contributed by atoms with E-state index in [-0.39, 0.29) is 0 Å². The molecule has 4 rings (SSSR count). The van der Waals surface area contributed by atoms with Gasteiger partial charge in [-0.15, -0.1) is 0 Å². The van der Waals surface area contributed by atoms with E-state index in [1.165, 1.54) is 23.9 Å². The molecule has 2 aromatic rings. The standard InChI is InChI=1S/C21H24F3N3S/c1-25-11-13-26(14-12-25)9-4-10-27-17-5-2-3-6-19(17)28-20-15-16(21(22,23)24)7-8-18(20)27/h2-3,5-8,15H,4,9-14H2,1H3. The van der Waals surface area contributed by atoms with Crippen molar-refractivity contribution in [2.75, 3.05) is 51.2 Å². The van der Waals surface area contributed by atoms with E-state index in [0.29, 0.717) is 4.90 Å². The average molecular weight is 408 g/mol. The molecule has 2 aliphatic rings. The highest BCUT2D eigenvalue weighted by molar-refractivity contribution is 7.99. The second kappa shape index (κ2) is 7.97. The largest absolute Gasteiger partial charge is 0.416 e. The second-order valence-corrected chi connectivity index (χ2v) is 8.48. The Hall–Kier alpha value is -1.70. The molecule has 0 bridgehead atoms. The van der Waals surface area contributed by atoms with Crippen LogP contribution in [0.2, 0.25) is 0 Å². The first kappa shape index (κ1) is 19.6. The predicted molar refractivity (Wildman–Crippen MR) is 108 cm³/mol. The lowest BCUT2D eigenvalue weighted by atomic mass is 10.1. The summed E-state index contributed by atoms with van der Waals surface area (Å²) in [5.41, 5.74) is 1.36. The summed E-state index contributed by atoms with van der Waals surface area (Å²) in [6.45, 7) is 6.14. The van der Waals surface area contributed by atoms with Crippen LogP contribution in [-0.4, -0.2) is 56.1 Å². The van der Waals surface area contributed by atoms with E-state index < -0.39 is 11.7 Å². The first-order valence-corrected chi connectivity index (χ1v) is 10.4. The van der Waals surface area contributed by atoms with Crippen LogP contribution in [0.15, 0.2) is 52.3 Å². The molecule has 150 valence electrons. The third-order valence-electron chi connectivity index (χ3n) is 5.41. The van der Waals surface area contributed by atoms with Crippen molar-refractivity contribution in [2.24, 2.45) is 0 Å². The number of alkyl halides is 3. The fraction of sp³-hybridized carbons (Fsp3) is 0.429. The maximum atomic E-state index is 13.2. The number of piperazine rings is 1. The molecule has 0 aromatic heterocycles. The minimum absolute atomic E-state index is 0.587. The van der Waals surface area contributed by atoms with Crippen LogP contribution in [0.1, 0.15) is 12.0 Å². The normalized spacial score (nSPS) is 18.1. The minimum Gasteiger partial charge on any atom is -0.340 e. The lowest BCUT2D eigenvalue weighted by molar-refractivity contribution is -0.137. The third-order valence-corrected chi connectivity index (χ3v) is 6.52. The molecule has 0 saturated carbocycles. The molecule has 0 amide bonds. The Morgan fingerprint density at radius 3 is 2.36 bits per heavy atom. The SMILES string of the molecule is CN1CCN(CCCN2c3ccccc3Sc3cc(C(F)(F)F)ccc32)CC1. The first-order valence-electron chi connectivity index (χ1n) is 9.58. The highest BCUT2D eigenvalue weighted by atomic mass is 32.2. The van der Waals surface area contributed by atoms with Crippen molar-refractivity contribution in [1.82, 2.24) is 9.80 Å². The molecule has 2 aromatic carbocycles. The van der Waals surface area contributed by atoms with Gasteiger partial charge in [-0.25, -0.2) is 0 Å². The fourth-order valence-electron chi connectivity index (χ4n) is 3.77. The van der Waals surface area contributed by atoms with Gasteiger partial charge in [0, 0.05) is 42.5 Å². The van der Waals surface area contributed by atoms with Gasteiger partial charge < -0.3 is 14.7 Å². The van der Waals surface area contributed by atoms with Crippen molar-refractivity contribution in [3.8, 4) is 0 Å². The van der Waals surface area contributed by atoms with Crippen molar-refractivity contribution < 1.29 is 13.2 Å². The number of fused-ring (bicyclic) bond motifs is 2. The van der Waals surface area contributed by atoms with Gasteiger partial charge in [0.1, 0.15) is 0 Å². The topological polar surface area (TPSA) is 9.72 Å². The number of likely N-dealkylation sites (N-methyl/N-ethyl adjacent to an activating group) is 1. The van der Waals surface area contributed by atoms with E-state index >= 15 is 0 Å².